The maximum Gasteiger partial charge on any atom is 0.109 e. The number of fused-ring (bicyclic) bond motifs is 1. The summed E-state index contributed by atoms with van der Waals surface area (Å²) >= 11 is 0. The highest BCUT2D eigenvalue weighted by Crippen LogP contribution is 2.20. The third-order valence-electron chi connectivity index (χ3n) is 4.09. The molecule has 3 nitrogen and oxygen atoms in total. The molecule has 116 valence electrons. The van der Waals surface area contributed by atoms with Crippen LogP contribution in [0.5, 0.6) is 0 Å². The highest BCUT2D eigenvalue weighted by molar-refractivity contribution is 5.77. The van der Waals surface area contributed by atoms with E-state index in [9.17, 15) is 0 Å². The normalized spacial score (nSPS) is 11.4. The molecule has 1 aromatic carbocycles. The molecule has 0 spiro atoms. The van der Waals surface area contributed by atoms with Gasteiger partial charge < -0.3 is 9.67 Å². The lowest BCUT2D eigenvalue weighted by molar-refractivity contribution is 0.287. The fraction of sp³-hybridized carbons (Fsp3) is 0.611. The van der Waals surface area contributed by atoms with Crippen LogP contribution < -0.4 is 0 Å². The molecule has 2 rings (SSSR count). The van der Waals surface area contributed by atoms with Crippen molar-refractivity contribution in [2.45, 2.75) is 65.3 Å². The van der Waals surface area contributed by atoms with Crippen LogP contribution in [0.2, 0.25) is 0 Å². The fourth-order valence-electron chi connectivity index (χ4n) is 2.82. The van der Waals surface area contributed by atoms with Crippen LogP contribution in [0, 0.1) is 0 Å². The second-order valence-electron chi connectivity index (χ2n) is 5.74. The monoisotopic (exact) mass is 288 g/mol. The molecule has 21 heavy (non-hydrogen) atoms. The molecule has 0 saturated heterocycles. The topological polar surface area (TPSA) is 38.0 Å². The van der Waals surface area contributed by atoms with E-state index in [-0.39, 0.29) is 6.61 Å². The minimum absolute atomic E-state index is 0.235. The summed E-state index contributed by atoms with van der Waals surface area (Å²) in [5.74, 6) is 1.13. The third kappa shape index (κ3) is 4.07. The molecule has 0 saturated carbocycles. The Balaban J connectivity index is 2.24. The average Bonchev–Trinajstić information content (AvgIpc) is 2.86. The van der Waals surface area contributed by atoms with Crippen molar-refractivity contribution in [1.29, 1.82) is 0 Å². The van der Waals surface area contributed by atoms with Crippen LogP contribution in [0.4, 0.5) is 0 Å². The van der Waals surface area contributed by atoms with Crippen molar-refractivity contribution in [2.75, 3.05) is 6.61 Å². The van der Waals surface area contributed by atoms with Gasteiger partial charge in [0.25, 0.3) is 0 Å². The molecular weight excluding hydrogens is 260 g/mol. The molecule has 0 unspecified atom stereocenters. The Morgan fingerprint density at radius 1 is 1.10 bits per heavy atom. The first-order valence-corrected chi connectivity index (χ1v) is 8.39. The molecule has 0 aliphatic rings. The summed E-state index contributed by atoms with van der Waals surface area (Å²) in [4.78, 5) is 4.81. The van der Waals surface area contributed by atoms with Crippen LogP contribution in [-0.2, 0) is 19.4 Å². The number of aryl methyl sites for hydroxylation is 3. The van der Waals surface area contributed by atoms with Crippen molar-refractivity contribution in [1.82, 2.24) is 9.55 Å². The largest absolute Gasteiger partial charge is 0.396 e. The quantitative estimate of drug-likeness (QED) is 0.705. The predicted molar refractivity (Wildman–Crippen MR) is 88.7 cm³/mol. The van der Waals surface area contributed by atoms with Crippen LogP contribution in [0.25, 0.3) is 11.0 Å². The van der Waals surface area contributed by atoms with E-state index in [0.29, 0.717) is 0 Å². The predicted octanol–water partition coefficient (Wildman–Crippen LogP) is 4.10. The maximum atomic E-state index is 9.08. The number of hydrogen-bond donors (Lipinski definition) is 1. The Hall–Kier alpha value is -1.35. The molecule has 0 atom stereocenters. The lowest BCUT2D eigenvalue weighted by Crippen LogP contribution is -2.05. The van der Waals surface area contributed by atoms with Gasteiger partial charge in [-0.05, 0) is 37.0 Å². The number of aromatic nitrogens is 2. The molecule has 0 aliphatic carbocycles. The Kier molecular flexibility index (Phi) is 6.24. The van der Waals surface area contributed by atoms with Gasteiger partial charge in [-0.15, -0.1) is 0 Å². The molecule has 2 aromatic rings. The smallest absolute Gasteiger partial charge is 0.109 e. The van der Waals surface area contributed by atoms with Gasteiger partial charge in [0.2, 0.25) is 0 Å². The standard InChI is InChI=1S/C18H28N2O/c1-3-5-6-7-12-20-17-11-10-15(4-2)14-16(17)19-18(20)9-8-13-21/h10-11,14,21H,3-9,12-13H2,1-2H3. The van der Waals surface area contributed by atoms with Crippen molar-refractivity contribution < 1.29 is 5.11 Å². The van der Waals surface area contributed by atoms with Gasteiger partial charge in [-0.1, -0.05) is 39.2 Å². The van der Waals surface area contributed by atoms with Gasteiger partial charge in [0.1, 0.15) is 5.82 Å². The Morgan fingerprint density at radius 2 is 1.95 bits per heavy atom. The van der Waals surface area contributed by atoms with Crippen molar-refractivity contribution in [3.63, 3.8) is 0 Å². The molecule has 1 heterocycles. The maximum absolute atomic E-state index is 9.08. The van der Waals surface area contributed by atoms with Crippen molar-refractivity contribution >= 4 is 11.0 Å². The summed E-state index contributed by atoms with van der Waals surface area (Å²) in [7, 11) is 0. The summed E-state index contributed by atoms with van der Waals surface area (Å²) in [5, 5.41) is 9.08. The van der Waals surface area contributed by atoms with E-state index in [1.165, 1.54) is 36.8 Å². The molecule has 0 amide bonds. The minimum atomic E-state index is 0.235. The van der Waals surface area contributed by atoms with Crippen molar-refractivity contribution in [3.05, 3.63) is 29.6 Å². The number of rotatable bonds is 9. The highest BCUT2D eigenvalue weighted by atomic mass is 16.2. The van der Waals surface area contributed by atoms with Gasteiger partial charge in [-0.25, -0.2) is 4.98 Å². The lowest BCUT2D eigenvalue weighted by Gasteiger charge is -2.09. The van der Waals surface area contributed by atoms with Gasteiger partial charge >= 0.3 is 0 Å². The Morgan fingerprint density at radius 3 is 2.67 bits per heavy atom. The average molecular weight is 288 g/mol. The second-order valence-corrected chi connectivity index (χ2v) is 5.74. The number of aliphatic hydroxyl groups excluding tert-OH is 1. The molecule has 0 aliphatic heterocycles. The van der Waals surface area contributed by atoms with Crippen molar-refractivity contribution in [2.24, 2.45) is 0 Å². The van der Waals surface area contributed by atoms with Gasteiger partial charge in [0.05, 0.1) is 11.0 Å². The first-order chi connectivity index (χ1) is 10.3. The fourth-order valence-corrected chi connectivity index (χ4v) is 2.82. The second kappa shape index (κ2) is 8.18. The molecule has 0 fully saturated rings. The van der Waals surface area contributed by atoms with E-state index in [1.807, 2.05) is 0 Å². The van der Waals surface area contributed by atoms with Gasteiger partial charge in [-0.3, -0.25) is 0 Å². The minimum Gasteiger partial charge on any atom is -0.396 e. The van der Waals surface area contributed by atoms with E-state index in [4.69, 9.17) is 10.1 Å². The van der Waals surface area contributed by atoms with Crippen LogP contribution in [0.3, 0.4) is 0 Å². The highest BCUT2D eigenvalue weighted by Gasteiger charge is 2.10. The summed E-state index contributed by atoms with van der Waals surface area (Å²) in [6.45, 7) is 5.70. The number of nitrogens with zero attached hydrogens (tertiary/aromatic N) is 2. The van der Waals surface area contributed by atoms with Crippen LogP contribution >= 0.6 is 0 Å². The number of benzene rings is 1. The van der Waals surface area contributed by atoms with E-state index < -0.39 is 0 Å². The molecule has 3 heteroatoms. The first kappa shape index (κ1) is 16.0. The van der Waals surface area contributed by atoms with E-state index >= 15 is 0 Å². The lowest BCUT2D eigenvalue weighted by atomic mass is 10.1. The van der Waals surface area contributed by atoms with Crippen LogP contribution in [0.1, 0.15) is 57.3 Å². The van der Waals surface area contributed by atoms with Crippen molar-refractivity contribution in [3.8, 4) is 0 Å². The molecule has 1 aromatic heterocycles. The first-order valence-electron chi connectivity index (χ1n) is 8.39. The number of aliphatic hydroxyl groups is 1. The summed E-state index contributed by atoms with van der Waals surface area (Å²) in [6, 6.07) is 6.63. The molecular formula is C18H28N2O. The molecule has 0 bridgehead atoms. The Bertz CT molecular complexity index is 560. The SMILES string of the molecule is CCCCCCn1c(CCCO)nc2cc(CC)ccc21. The number of hydrogen-bond acceptors (Lipinski definition) is 2. The summed E-state index contributed by atoms with van der Waals surface area (Å²) < 4.78 is 2.36. The zero-order chi connectivity index (χ0) is 15.1. The van der Waals surface area contributed by atoms with E-state index in [0.717, 1.165) is 37.1 Å². The zero-order valence-electron chi connectivity index (χ0n) is 13.4. The summed E-state index contributed by atoms with van der Waals surface area (Å²) in [6.07, 6.45) is 7.76. The summed E-state index contributed by atoms with van der Waals surface area (Å²) in [5.41, 5.74) is 3.70. The van der Waals surface area contributed by atoms with Crippen LogP contribution in [0.15, 0.2) is 18.2 Å². The van der Waals surface area contributed by atoms with E-state index in [1.54, 1.807) is 0 Å². The number of imidazole rings is 1. The number of unbranched alkanes of at least 4 members (excludes halogenated alkanes) is 3. The third-order valence-corrected chi connectivity index (χ3v) is 4.09. The molecule has 0 radical (unpaired) electrons. The molecule has 1 N–H and O–H groups in total. The van der Waals surface area contributed by atoms with E-state index in [2.05, 4.69) is 36.6 Å². The van der Waals surface area contributed by atoms with Gasteiger partial charge in [0.15, 0.2) is 0 Å². The van der Waals surface area contributed by atoms with Crippen LogP contribution in [-0.4, -0.2) is 21.3 Å². The van der Waals surface area contributed by atoms with Gasteiger partial charge in [-0.2, -0.15) is 0 Å². The Labute approximate surface area is 128 Å². The van der Waals surface area contributed by atoms with Gasteiger partial charge in [0, 0.05) is 19.6 Å². The zero-order valence-corrected chi connectivity index (χ0v) is 13.4.